The van der Waals surface area contributed by atoms with Crippen molar-refractivity contribution in [2.24, 2.45) is 11.8 Å². The van der Waals surface area contributed by atoms with Gasteiger partial charge in [-0.15, -0.1) is 0 Å². The zero-order chi connectivity index (χ0) is 26.4. The van der Waals surface area contributed by atoms with Gasteiger partial charge >= 0.3 is 12.1 Å². The molecule has 5 rings (SSSR count). The number of hydrogen-bond donors (Lipinski definition) is 0. The molecule has 2 aromatic carbocycles. The summed E-state index contributed by atoms with van der Waals surface area (Å²) in [6.07, 6.45) is 0.925. The molecule has 0 radical (unpaired) electrons. The van der Waals surface area contributed by atoms with Crippen molar-refractivity contribution in [1.29, 1.82) is 0 Å². The predicted molar refractivity (Wildman–Crippen MR) is 131 cm³/mol. The number of nitrogens with zero attached hydrogens (tertiary/aromatic N) is 1. The number of rotatable bonds is 6. The van der Waals surface area contributed by atoms with Crippen molar-refractivity contribution >= 4 is 5.97 Å². The standard InChI is InChI=1S/C29H33F4NO3/c1-18(27(35)36-2)26(20-4-5-20)21-6-3-19-9-10-28(37-25(19)16-21)11-13-34(14-12-28)17-22-15-23(29(31,32)33)7-8-24(22)30/h3,6-8,15-16,18,20,26H,4-5,9-14,17H2,1-2H3/t18-,26+/m1/s1. The van der Waals surface area contributed by atoms with Gasteiger partial charge in [0.15, 0.2) is 0 Å². The highest BCUT2D eigenvalue weighted by Crippen LogP contribution is 2.49. The molecule has 2 atom stereocenters. The Bertz CT molecular complexity index is 1150. The van der Waals surface area contributed by atoms with Crippen LogP contribution in [0.1, 0.15) is 67.2 Å². The van der Waals surface area contributed by atoms with Gasteiger partial charge in [0, 0.05) is 25.2 Å². The number of hydrogen-bond acceptors (Lipinski definition) is 4. The van der Waals surface area contributed by atoms with Crippen LogP contribution in [0.25, 0.3) is 0 Å². The van der Waals surface area contributed by atoms with Crippen LogP contribution in [0.15, 0.2) is 36.4 Å². The lowest BCUT2D eigenvalue weighted by Crippen LogP contribution is -2.49. The normalized spacial score (nSPS) is 21.1. The molecule has 1 spiro atoms. The molecule has 4 nitrogen and oxygen atoms in total. The Hall–Kier alpha value is -2.61. The molecule has 0 aromatic heterocycles. The highest BCUT2D eigenvalue weighted by Gasteiger charge is 2.42. The summed E-state index contributed by atoms with van der Waals surface area (Å²) in [4.78, 5) is 14.3. The molecular formula is C29H33F4NO3. The summed E-state index contributed by atoms with van der Waals surface area (Å²) in [7, 11) is 1.43. The van der Waals surface area contributed by atoms with Crippen LogP contribution >= 0.6 is 0 Å². The fourth-order valence-electron chi connectivity index (χ4n) is 6.07. The van der Waals surface area contributed by atoms with Gasteiger partial charge in [-0.25, -0.2) is 4.39 Å². The minimum absolute atomic E-state index is 0.0659. The lowest BCUT2D eigenvalue weighted by Gasteiger charge is -2.45. The summed E-state index contributed by atoms with van der Waals surface area (Å²) in [5.74, 6) is 0.399. The molecule has 0 unspecified atom stereocenters. The molecule has 1 saturated carbocycles. The van der Waals surface area contributed by atoms with Gasteiger partial charge in [-0.2, -0.15) is 13.2 Å². The van der Waals surface area contributed by atoms with E-state index in [4.69, 9.17) is 9.47 Å². The van der Waals surface area contributed by atoms with Gasteiger partial charge in [-0.3, -0.25) is 9.69 Å². The van der Waals surface area contributed by atoms with Gasteiger partial charge in [0.05, 0.1) is 18.6 Å². The molecule has 200 valence electrons. The maximum atomic E-state index is 14.3. The van der Waals surface area contributed by atoms with E-state index < -0.39 is 17.6 Å². The molecule has 1 saturated heterocycles. The minimum atomic E-state index is -4.50. The molecule has 37 heavy (non-hydrogen) atoms. The number of carbonyl (C=O) groups excluding carboxylic acids is 1. The number of piperidine rings is 1. The van der Waals surface area contributed by atoms with E-state index >= 15 is 0 Å². The fraction of sp³-hybridized carbons (Fsp3) is 0.552. The van der Waals surface area contributed by atoms with E-state index in [-0.39, 0.29) is 35.5 Å². The van der Waals surface area contributed by atoms with E-state index in [1.165, 1.54) is 7.11 Å². The Morgan fingerprint density at radius 3 is 2.51 bits per heavy atom. The topological polar surface area (TPSA) is 38.8 Å². The number of halogens is 4. The average molecular weight is 520 g/mol. The molecule has 2 fully saturated rings. The summed E-state index contributed by atoms with van der Waals surface area (Å²) in [5.41, 5.74) is 1.16. The minimum Gasteiger partial charge on any atom is -0.487 e. The van der Waals surface area contributed by atoms with Gasteiger partial charge in [0.25, 0.3) is 0 Å². The number of fused-ring (bicyclic) bond motifs is 1. The maximum Gasteiger partial charge on any atom is 0.416 e. The monoisotopic (exact) mass is 519 g/mol. The number of alkyl halides is 3. The second-order valence-electron chi connectivity index (χ2n) is 10.9. The molecule has 8 heteroatoms. The van der Waals surface area contributed by atoms with Crippen LogP contribution in [0.5, 0.6) is 5.75 Å². The smallest absolute Gasteiger partial charge is 0.416 e. The van der Waals surface area contributed by atoms with Crippen molar-refractivity contribution in [3.63, 3.8) is 0 Å². The van der Waals surface area contributed by atoms with Gasteiger partial charge < -0.3 is 9.47 Å². The van der Waals surface area contributed by atoms with Crippen LogP contribution in [-0.4, -0.2) is 36.7 Å². The van der Waals surface area contributed by atoms with Crippen molar-refractivity contribution in [2.45, 2.75) is 69.7 Å². The Morgan fingerprint density at radius 2 is 1.86 bits per heavy atom. The van der Waals surface area contributed by atoms with E-state index in [0.717, 1.165) is 73.6 Å². The molecule has 0 N–H and O–H groups in total. The second-order valence-corrected chi connectivity index (χ2v) is 10.9. The van der Waals surface area contributed by atoms with Gasteiger partial charge in [0.2, 0.25) is 0 Å². The first-order valence-electron chi connectivity index (χ1n) is 13.1. The first-order chi connectivity index (χ1) is 17.6. The van der Waals surface area contributed by atoms with E-state index in [1.807, 2.05) is 11.8 Å². The van der Waals surface area contributed by atoms with Crippen molar-refractivity contribution < 1.29 is 31.8 Å². The number of aryl methyl sites for hydroxylation is 1. The van der Waals surface area contributed by atoms with Crippen molar-refractivity contribution in [2.75, 3.05) is 20.2 Å². The number of likely N-dealkylation sites (tertiary alicyclic amines) is 1. The highest BCUT2D eigenvalue weighted by atomic mass is 19.4. The Kier molecular flexibility index (Phi) is 6.98. The first kappa shape index (κ1) is 26.0. The zero-order valence-corrected chi connectivity index (χ0v) is 21.2. The molecule has 3 aliphatic rings. The Morgan fingerprint density at radius 1 is 1.14 bits per heavy atom. The second kappa shape index (κ2) is 9.93. The highest BCUT2D eigenvalue weighted by molar-refractivity contribution is 5.73. The Balaban J connectivity index is 1.27. The third kappa shape index (κ3) is 5.49. The lowest BCUT2D eigenvalue weighted by atomic mass is 9.80. The average Bonchev–Trinajstić information content (AvgIpc) is 3.70. The summed E-state index contributed by atoms with van der Waals surface area (Å²) in [5, 5.41) is 0. The molecule has 2 heterocycles. The summed E-state index contributed by atoms with van der Waals surface area (Å²) >= 11 is 0. The third-order valence-electron chi connectivity index (χ3n) is 8.43. The van der Waals surface area contributed by atoms with Gasteiger partial charge in [-0.1, -0.05) is 19.1 Å². The molecule has 1 aliphatic carbocycles. The van der Waals surface area contributed by atoms with Crippen LogP contribution in [0.2, 0.25) is 0 Å². The molecule has 2 aromatic rings. The van der Waals surface area contributed by atoms with Crippen molar-refractivity contribution in [1.82, 2.24) is 4.90 Å². The quantitative estimate of drug-likeness (QED) is 0.322. The van der Waals surface area contributed by atoms with Crippen LogP contribution in [0.3, 0.4) is 0 Å². The number of benzene rings is 2. The number of carbonyl (C=O) groups is 1. The maximum absolute atomic E-state index is 14.3. The fourth-order valence-corrected chi connectivity index (χ4v) is 6.07. The Labute approximate surface area is 214 Å². The van der Waals surface area contributed by atoms with E-state index in [2.05, 4.69) is 18.2 Å². The van der Waals surface area contributed by atoms with E-state index in [1.54, 1.807) is 0 Å². The first-order valence-corrected chi connectivity index (χ1v) is 13.1. The molecular weight excluding hydrogens is 486 g/mol. The largest absolute Gasteiger partial charge is 0.487 e. The molecule has 0 bridgehead atoms. The van der Waals surface area contributed by atoms with Crippen LogP contribution in [0, 0.1) is 17.7 Å². The van der Waals surface area contributed by atoms with Gasteiger partial charge in [0.1, 0.15) is 17.2 Å². The van der Waals surface area contributed by atoms with E-state index in [0.29, 0.717) is 19.0 Å². The molecule has 2 aliphatic heterocycles. The SMILES string of the molecule is COC(=O)[C@H](C)[C@H](c1ccc2c(c1)OC1(CC2)CCN(Cc2cc(C(F)(F)F)ccc2F)CC1)C1CC1. The zero-order valence-electron chi connectivity index (χ0n) is 21.2. The van der Waals surface area contributed by atoms with Crippen molar-refractivity contribution in [3.8, 4) is 5.75 Å². The lowest BCUT2D eigenvalue weighted by molar-refractivity contribution is -0.145. The summed E-state index contributed by atoms with van der Waals surface area (Å²) in [6.45, 7) is 3.31. The number of esters is 1. The van der Waals surface area contributed by atoms with Crippen LogP contribution < -0.4 is 4.74 Å². The van der Waals surface area contributed by atoms with E-state index in [9.17, 15) is 22.4 Å². The van der Waals surface area contributed by atoms with Gasteiger partial charge in [-0.05, 0) is 85.8 Å². The number of methoxy groups -OCH3 is 1. The predicted octanol–water partition coefficient (Wildman–Crippen LogP) is 6.51. The van der Waals surface area contributed by atoms with Crippen molar-refractivity contribution in [3.05, 3.63) is 64.5 Å². The van der Waals surface area contributed by atoms with Crippen LogP contribution in [-0.2, 0) is 28.7 Å². The molecule has 0 amide bonds. The van der Waals surface area contributed by atoms with Crippen LogP contribution in [0.4, 0.5) is 17.6 Å². The summed E-state index contributed by atoms with van der Waals surface area (Å²) < 4.78 is 65.2. The number of ether oxygens (including phenoxy) is 2. The summed E-state index contributed by atoms with van der Waals surface area (Å²) in [6, 6.07) is 8.93. The third-order valence-corrected chi connectivity index (χ3v) is 8.43.